The molecule has 2 rings (SSSR count). The van der Waals surface area contributed by atoms with Gasteiger partial charge in [0.25, 0.3) is 0 Å². The van der Waals surface area contributed by atoms with Gasteiger partial charge in [-0.15, -0.1) is 24.8 Å². The van der Waals surface area contributed by atoms with Crippen molar-refractivity contribution in [1.82, 2.24) is 5.32 Å². The number of rotatable bonds is 8. The van der Waals surface area contributed by atoms with Crippen molar-refractivity contribution < 1.29 is 4.79 Å². The van der Waals surface area contributed by atoms with Crippen LogP contribution in [0.5, 0.6) is 0 Å². The molecule has 138 valence electrons. The Kier molecular flexibility index (Phi) is 12.1. The highest BCUT2D eigenvalue weighted by Gasteiger charge is 2.08. The van der Waals surface area contributed by atoms with Gasteiger partial charge in [-0.05, 0) is 43.8 Å². The van der Waals surface area contributed by atoms with Crippen molar-refractivity contribution in [3.63, 3.8) is 0 Å². The topological polar surface area (TPSA) is 53.2 Å². The van der Waals surface area contributed by atoms with Crippen LogP contribution in [-0.2, 0) is 11.3 Å². The predicted octanol–water partition coefficient (Wildman–Crippen LogP) is 4.73. The first-order valence-corrected chi connectivity index (χ1v) is 8.08. The van der Waals surface area contributed by atoms with Crippen molar-refractivity contribution in [1.29, 1.82) is 0 Å². The lowest BCUT2D eigenvalue weighted by atomic mass is 10.2. The summed E-state index contributed by atoms with van der Waals surface area (Å²) in [5, 5.41) is 9.91. The van der Waals surface area contributed by atoms with E-state index >= 15 is 0 Å². The maximum absolute atomic E-state index is 12.0. The molecule has 0 aliphatic carbocycles. The molecule has 0 radical (unpaired) electrons. The van der Waals surface area contributed by atoms with Crippen molar-refractivity contribution in [2.45, 2.75) is 19.4 Å². The van der Waals surface area contributed by atoms with Crippen LogP contribution in [0.25, 0.3) is 0 Å². The van der Waals surface area contributed by atoms with E-state index < -0.39 is 0 Å². The van der Waals surface area contributed by atoms with Crippen LogP contribution in [0, 0.1) is 0 Å². The van der Waals surface area contributed by atoms with Gasteiger partial charge in [0.05, 0.1) is 11.4 Å². The molecule has 1 amide bonds. The van der Waals surface area contributed by atoms with Gasteiger partial charge in [-0.2, -0.15) is 0 Å². The summed E-state index contributed by atoms with van der Waals surface area (Å²) < 4.78 is 0. The first-order chi connectivity index (χ1) is 11.2. The molecule has 0 saturated carbocycles. The number of nitrogens with one attached hydrogen (secondary N) is 3. The summed E-state index contributed by atoms with van der Waals surface area (Å²) in [5.74, 6) is -0.00900. The summed E-state index contributed by atoms with van der Waals surface area (Å²) in [4.78, 5) is 12.0. The quantitative estimate of drug-likeness (QED) is 0.557. The minimum atomic E-state index is -0.00900. The molecular formula is C18H24Cl3N3O. The lowest BCUT2D eigenvalue weighted by molar-refractivity contribution is -0.116. The van der Waals surface area contributed by atoms with Crippen LogP contribution >= 0.6 is 36.4 Å². The highest BCUT2D eigenvalue weighted by molar-refractivity contribution is 6.31. The Hall–Kier alpha value is -1.46. The van der Waals surface area contributed by atoms with Gasteiger partial charge in [-0.3, -0.25) is 4.79 Å². The van der Waals surface area contributed by atoms with Gasteiger partial charge in [0.15, 0.2) is 0 Å². The van der Waals surface area contributed by atoms with Gasteiger partial charge < -0.3 is 16.0 Å². The normalized spacial score (nSPS) is 9.52. The molecule has 0 fully saturated rings. The fraction of sp³-hybridized carbons (Fsp3) is 0.278. The highest BCUT2D eigenvalue weighted by atomic mass is 35.5. The van der Waals surface area contributed by atoms with Crippen LogP contribution in [0.2, 0.25) is 5.02 Å². The van der Waals surface area contributed by atoms with E-state index in [-0.39, 0.29) is 30.7 Å². The molecule has 0 atom stereocenters. The van der Waals surface area contributed by atoms with Gasteiger partial charge in [-0.1, -0.05) is 41.9 Å². The maximum atomic E-state index is 12.0. The van der Waals surface area contributed by atoms with Gasteiger partial charge >= 0.3 is 0 Å². The Morgan fingerprint density at radius 1 is 1.04 bits per heavy atom. The third-order valence-corrected chi connectivity index (χ3v) is 3.65. The van der Waals surface area contributed by atoms with Crippen LogP contribution in [0.1, 0.15) is 18.4 Å². The second kappa shape index (κ2) is 12.8. The van der Waals surface area contributed by atoms with Crippen molar-refractivity contribution in [2.24, 2.45) is 0 Å². The molecule has 0 spiro atoms. The molecule has 0 bridgehead atoms. The molecule has 2 aromatic carbocycles. The van der Waals surface area contributed by atoms with E-state index in [9.17, 15) is 4.79 Å². The number of amides is 1. The van der Waals surface area contributed by atoms with Crippen molar-refractivity contribution in [3.8, 4) is 0 Å². The first kappa shape index (κ1) is 23.5. The third kappa shape index (κ3) is 8.45. The van der Waals surface area contributed by atoms with Gasteiger partial charge in [0.1, 0.15) is 0 Å². The van der Waals surface area contributed by atoms with Crippen LogP contribution in [0.3, 0.4) is 0 Å². The number of hydrogen-bond acceptors (Lipinski definition) is 3. The van der Waals surface area contributed by atoms with Crippen molar-refractivity contribution in [3.05, 3.63) is 59.1 Å². The molecular weight excluding hydrogens is 381 g/mol. The standard InChI is InChI=1S/C18H22ClN3O.2ClH/c1-20-11-5-8-18(23)22-17-12-15(19)9-10-16(17)21-13-14-6-3-2-4-7-14;;/h2-4,6-7,9-10,12,20-21H,5,8,11,13H2,1H3,(H,22,23);2*1H. The van der Waals surface area contributed by atoms with Gasteiger partial charge in [0.2, 0.25) is 5.91 Å². The Morgan fingerprint density at radius 3 is 2.44 bits per heavy atom. The van der Waals surface area contributed by atoms with Gasteiger partial charge in [0, 0.05) is 18.0 Å². The van der Waals surface area contributed by atoms with E-state index in [4.69, 9.17) is 11.6 Å². The van der Waals surface area contributed by atoms with Crippen LogP contribution in [-0.4, -0.2) is 19.5 Å². The summed E-state index contributed by atoms with van der Waals surface area (Å²) in [6.07, 6.45) is 1.28. The number of halogens is 3. The van der Waals surface area contributed by atoms with E-state index in [0.717, 1.165) is 18.7 Å². The zero-order valence-corrected chi connectivity index (χ0v) is 16.4. The van der Waals surface area contributed by atoms with E-state index in [1.807, 2.05) is 37.4 Å². The summed E-state index contributed by atoms with van der Waals surface area (Å²) in [5.41, 5.74) is 2.75. The van der Waals surface area contributed by atoms with Crippen molar-refractivity contribution in [2.75, 3.05) is 24.2 Å². The fourth-order valence-electron chi connectivity index (χ4n) is 2.21. The Balaban J connectivity index is 0.00000288. The lowest BCUT2D eigenvalue weighted by Crippen LogP contribution is -2.16. The molecule has 0 aliphatic rings. The van der Waals surface area contributed by atoms with Crippen LogP contribution in [0.4, 0.5) is 11.4 Å². The molecule has 0 aliphatic heterocycles. The number of carbonyl (C=O) groups is 1. The summed E-state index contributed by atoms with van der Waals surface area (Å²) in [7, 11) is 1.88. The summed E-state index contributed by atoms with van der Waals surface area (Å²) >= 11 is 6.06. The van der Waals surface area contributed by atoms with E-state index in [1.54, 1.807) is 6.07 Å². The first-order valence-electron chi connectivity index (χ1n) is 7.71. The van der Waals surface area contributed by atoms with Crippen molar-refractivity contribution >= 4 is 53.7 Å². The fourth-order valence-corrected chi connectivity index (χ4v) is 2.38. The second-order valence-electron chi connectivity index (χ2n) is 5.28. The highest BCUT2D eigenvalue weighted by Crippen LogP contribution is 2.26. The molecule has 0 aromatic heterocycles. The smallest absolute Gasteiger partial charge is 0.224 e. The monoisotopic (exact) mass is 403 g/mol. The minimum Gasteiger partial charge on any atom is -0.379 e. The summed E-state index contributed by atoms with van der Waals surface area (Å²) in [6.45, 7) is 1.51. The molecule has 3 N–H and O–H groups in total. The average Bonchev–Trinajstić information content (AvgIpc) is 2.55. The van der Waals surface area contributed by atoms with E-state index in [1.165, 1.54) is 5.56 Å². The predicted molar refractivity (Wildman–Crippen MR) is 112 cm³/mol. The molecule has 25 heavy (non-hydrogen) atoms. The molecule has 2 aromatic rings. The Bertz CT molecular complexity index is 639. The average molecular weight is 405 g/mol. The zero-order valence-electron chi connectivity index (χ0n) is 14.0. The Morgan fingerprint density at radius 2 is 1.76 bits per heavy atom. The number of benzene rings is 2. The molecule has 7 heteroatoms. The Labute approximate surface area is 166 Å². The summed E-state index contributed by atoms with van der Waals surface area (Å²) in [6, 6.07) is 15.6. The zero-order chi connectivity index (χ0) is 16.5. The van der Waals surface area contributed by atoms with Crippen LogP contribution in [0.15, 0.2) is 48.5 Å². The lowest BCUT2D eigenvalue weighted by Gasteiger charge is -2.14. The second-order valence-corrected chi connectivity index (χ2v) is 5.72. The third-order valence-electron chi connectivity index (χ3n) is 3.41. The molecule has 0 unspecified atom stereocenters. The molecule has 0 heterocycles. The number of anilines is 2. The SMILES string of the molecule is CNCCCC(=O)Nc1cc(Cl)ccc1NCc1ccccc1.Cl.Cl. The van der Waals surface area contributed by atoms with E-state index in [2.05, 4.69) is 28.1 Å². The molecule has 4 nitrogen and oxygen atoms in total. The maximum Gasteiger partial charge on any atom is 0.224 e. The number of hydrogen-bond donors (Lipinski definition) is 3. The molecule has 0 saturated heterocycles. The van der Waals surface area contributed by atoms with E-state index in [0.29, 0.717) is 23.7 Å². The van der Waals surface area contributed by atoms with Gasteiger partial charge in [-0.25, -0.2) is 0 Å². The minimum absolute atomic E-state index is 0. The largest absolute Gasteiger partial charge is 0.379 e. The number of carbonyl (C=O) groups excluding carboxylic acids is 1. The van der Waals surface area contributed by atoms with Crippen LogP contribution < -0.4 is 16.0 Å².